The van der Waals surface area contributed by atoms with Crippen LogP contribution in [-0.2, 0) is 16.6 Å². The lowest BCUT2D eigenvalue weighted by Crippen LogP contribution is -2.26. The largest absolute Gasteiger partial charge is 0.312 e. The Morgan fingerprint density at radius 1 is 1.47 bits per heavy atom. The highest BCUT2D eigenvalue weighted by Crippen LogP contribution is 2.51. The molecule has 1 aliphatic carbocycles. The van der Waals surface area contributed by atoms with Gasteiger partial charge in [-0.25, -0.2) is 13.1 Å². The van der Waals surface area contributed by atoms with Crippen molar-refractivity contribution in [2.45, 2.75) is 38.6 Å². The topological polar surface area (TPSA) is 58.2 Å². The molecule has 1 atom stereocenters. The molecule has 2 N–H and O–H groups in total. The maximum absolute atomic E-state index is 12.1. The van der Waals surface area contributed by atoms with Crippen molar-refractivity contribution in [1.29, 1.82) is 0 Å². The SMILES string of the molecule is CCNCc1cc(S(=O)(=O)NCC2CC2(C)C)cs1. The van der Waals surface area contributed by atoms with Gasteiger partial charge in [0.15, 0.2) is 0 Å². The molecule has 0 radical (unpaired) electrons. The van der Waals surface area contributed by atoms with Crippen LogP contribution in [-0.4, -0.2) is 21.5 Å². The number of nitrogens with one attached hydrogen (secondary N) is 2. The lowest BCUT2D eigenvalue weighted by Gasteiger charge is -2.06. The third-order valence-corrected chi connectivity index (χ3v) is 6.22. The zero-order valence-electron chi connectivity index (χ0n) is 11.7. The van der Waals surface area contributed by atoms with Crippen LogP contribution in [0.3, 0.4) is 0 Å². The summed E-state index contributed by atoms with van der Waals surface area (Å²) in [5, 5.41) is 4.91. The minimum absolute atomic E-state index is 0.299. The number of rotatable bonds is 7. The van der Waals surface area contributed by atoms with Crippen LogP contribution < -0.4 is 10.0 Å². The van der Waals surface area contributed by atoms with Crippen molar-refractivity contribution in [1.82, 2.24) is 10.0 Å². The van der Waals surface area contributed by atoms with Gasteiger partial charge in [0, 0.05) is 23.3 Å². The van der Waals surface area contributed by atoms with E-state index >= 15 is 0 Å². The molecular formula is C13H22N2O2S2. The highest BCUT2D eigenvalue weighted by molar-refractivity contribution is 7.89. The Bertz CT molecular complexity index is 535. The van der Waals surface area contributed by atoms with E-state index in [2.05, 4.69) is 23.9 Å². The number of hydrogen-bond donors (Lipinski definition) is 2. The molecule has 19 heavy (non-hydrogen) atoms. The van der Waals surface area contributed by atoms with Crippen LogP contribution in [0.1, 0.15) is 32.1 Å². The number of sulfonamides is 1. The van der Waals surface area contributed by atoms with Gasteiger partial charge in [0.1, 0.15) is 0 Å². The van der Waals surface area contributed by atoms with Gasteiger partial charge < -0.3 is 5.32 Å². The normalized spacial score (nSPS) is 21.5. The standard InChI is InChI=1S/C13H22N2O2S2/c1-4-14-8-11-5-12(9-18-11)19(16,17)15-7-10-6-13(10,2)3/h5,9-10,14-15H,4,6-8H2,1-3H3. The maximum atomic E-state index is 12.1. The average Bonchev–Trinajstić information content (AvgIpc) is 2.78. The average molecular weight is 302 g/mol. The molecule has 6 heteroatoms. The Morgan fingerprint density at radius 2 is 2.16 bits per heavy atom. The van der Waals surface area contributed by atoms with E-state index in [1.165, 1.54) is 11.3 Å². The van der Waals surface area contributed by atoms with Gasteiger partial charge in [0.05, 0.1) is 4.90 Å². The summed E-state index contributed by atoms with van der Waals surface area (Å²) in [5.41, 5.74) is 0.299. The van der Waals surface area contributed by atoms with Crippen LogP contribution in [0.2, 0.25) is 0 Å². The first-order valence-corrected chi connectivity index (χ1v) is 8.99. The molecule has 0 aliphatic heterocycles. The minimum atomic E-state index is -3.34. The van der Waals surface area contributed by atoms with Crippen LogP contribution in [0.4, 0.5) is 0 Å². The zero-order chi connectivity index (χ0) is 14.1. The summed E-state index contributed by atoms with van der Waals surface area (Å²) >= 11 is 1.48. The predicted octanol–water partition coefficient (Wildman–Crippen LogP) is 2.18. The minimum Gasteiger partial charge on any atom is -0.312 e. The third kappa shape index (κ3) is 3.78. The molecule has 0 saturated heterocycles. The molecule has 1 unspecified atom stereocenters. The quantitative estimate of drug-likeness (QED) is 0.811. The first kappa shape index (κ1) is 15.0. The number of hydrogen-bond acceptors (Lipinski definition) is 4. The Kier molecular flexibility index (Phi) is 4.35. The van der Waals surface area contributed by atoms with Crippen LogP contribution in [0, 0.1) is 11.3 Å². The van der Waals surface area contributed by atoms with Gasteiger partial charge in [0.2, 0.25) is 10.0 Å². The summed E-state index contributed by atoms with van der Waals surface area (Å²) in [5.74, 6) is 0.474. The zero-order valence-corrected chi connectivity index (χ0v) is 13.3. The molecular weight excluding hydrogens is 280 g/mol. The lowest BCUT2D eigenvalue weighted by molar-refractivity contribution is 0.537. The molecule has 1 fully saturated rings. The van der Waals surface area contributed by atoms with E-state index in [1.807, 2.05) is 6.92 Å². The van der Waals surface area contributed by atoms with Crippen molar-refractivity contribution < 1.29 is 8.42 Å². The molecule has 0 aromatic carbocycles. The van der Waals surface area contributed by atoms with Crippen LogP contribution >= 0.6 is 11.3 Å². The summed E-state index contributed by atoms with van der Waals surface area (Å²) in [7, 11) is -3.34. The second-order valence-corrected chi connectivity index (χ2v) is 8.53. The summed E-state index contributed by atoms with van der Waals surface area (Å²) in [6.07, 6.45) is 1.10. The van der Waals surface area contributed by atoms with E-state index in [-0.39, 0.29) is 0 Å². The van der Waals surface area contributed by atoms with E-state index in [0.29, 0.717) is 22.8 Å². The Labute approximate surface area is 119 Å². The van der Waals surface area contributed by atoms with Gasteiger partial charge in [-0.3, -0.25) is 0 Å². The fraction of sp³-hybridized carbons (Fsp3) is 0.692. The van der Waals surface area contributed by atoms with Crippen molar-refractivity contribution in [3.8, 4) is 0 Å². The molecule has 0 bridgehead atoms. The molecule has 108 valence electrons. The first-order chi connectivity index (χ1) is 8.85. The molecule has 1 aromatic rings. The Morgan fingerprint density at radius 3 is 2.74 bits per heavy atom. The second kappa shape index (κ2) is 5.52. The Balaban J connectivity index is 1.93. The predicted molar refractivity (Wildman–Crippen MR) is 78.8 cm³/mol. The summed E-state index contributed by atoms with van der Waals surface area (Å²) < 4.78 is 27.0. The molecule has 0 amide bonds. The molecule has 1 aromatic heterocycles. The smallest absolute Gasteiger partial charge is 0.241 e. The highest BCUT2D eigenvalue weighted by atomic mass is 32.2. The Hall–Kier alpha value is -0.430. The summed E-state index contributed by atoms with van der Waals surface area (Å²) in [6.45, 7) is 8.54. The van der Waals surface area contributed by atoms with Crippen LogP contribution in [0.15, 0.2) is 16.3 Å². The second-order valence-electron chi connectivity index (χ2n) is 5.77. The molecule has 2 rings (SSSR count). The molecule has 4 nitrogen and oxygen atoms in total. The maximum Gasteiger partial charge on any atom is 0.241 e. The van der Waals surface area contributed by atoms with E-state index in [9.17, 15) is 8.42 Å². The number of thiophene rings is 1. The molecule has 1 saturated carbocycles. The fourth-order valence-electron chi connectivity index (χ4n) is 2.06. The summed E-state index contributed by atoms with van der Waals surface area (Å²) in [6, 6.07) is 1.76. The highest BCUT2D eigenvalue weighted by Gasteiger charge is 2.45. The van der Waals surface area contributed by atoms with Crippen molar-refractivity contribution in [2.24, 2.45) is 11.3 Å². The van der Waals surface area contributed by atoms with Gasteiger partial charge in [-0.15, -0.1) is 11.3 Å². The summed E-state index contributed by atoms with van der Waals surface area (Å²) in [4.78, 5) is 1.44. The van der Waals surface area contributed by atoms with Crippen LogP contribution in [0.25, 0.3) is 0 Å². The van der Waals surface area contributed by atoms with Gasteiger partial charge in [-0.1, -0.05) is 20.8 Å². The molecule has 0 spiro atoms. The van der Waals surface area contributed by atoms with Gasteiger partial charge in [-0.05, 0) is 30.4 Å². The van der Waals surface area contributed by atoms with Crippen molar-refractivity contribution in [3.63, 3.8) is 0 Å². The van der Waals surface area contributed by atoms with E-state index in [4.69, 9.17) is 0 Å². The fourth-order valence-corrected chi connectivity index (χ4v) is 4.39. The van der Waals surface area contributed by atoms with Crippen molar-refractivity contribution >= 4 is 21.4 Å². The first-order valence-electron chi connectivity index (χ1n) is 6.63. The van der Waals surface area contributed by atoms with Gasteiger partial charge in [-0.2, -0.15) is 0 Å². The van der Waals surface area contributed by atoms with E-state index in [1.54, 1.807) is 11.4 Å². The van der Waals surface area contributed by atoms with Crippen molar-refractivity contribution in [2.75, 3.05) is 13.1 Å². The lowest BCUT2D eigenvalue weighted by atomic mass is 10.1. The van der Waals surface area contributed by atoms with Gasteiger partial charge >= 0.3 is 0 Å². The monoisotopic (exact) mass is 302 g/mol. The van der Waals surface area contributed by atoms with Gasteiger partial charge in [0.25, 0.3) is 0 Å². The molecule has 1 aliphatic rings. The molecule has 1 heterocycles. The van der Waals surface area contributed by atoms with Crippen LogP contribution in [0.5, 0.6) is 0 Å². The van der Waals surface area contributed by atoms with E-state index < -0.39 is 10.0 Å². The third-order valence-electron chi connectivity index (χ3n) is 3.73. The van der Waals surface area contributed by atoms with E-state index in [0.717, 1.165) is 24.4 Å². The van der Waals surface area contributed by atoms with Crippen molar-refractivity contribution in [3.05, 3.63) is 16.3 Å².